The largest absolute Gasteiger partial charge is 0.382 e. The molecular weight excluding hydrogens is 312 g/mol. The highest BCUT2D eigenvalue weighted by Crippen LogP contribution is 2.46. The Hall–Kier alpha value is -0.320. The maximum Gasteiger partial charge on any atom is 0.227 e. The van der Waals surface area contributed by atoms with E-state index in [0.717, 1.165) is 45.7 Å². The fourth-order valence-electron chi connectivity index (χ4n) is 4.76. The first-order valence-electron chi connectivity index (χ1n) is 9.28. The maximum absolute atomic E-state index is 12.9. The Bertz CT molecular complexity index is 400. The summed E-state index contributed by atoms with van der Waals surface area (Å²) in [4.78, 5) is 12.9. The summed E-state index contributed by atoms with van der Waals surface area (Å²) in [7, 11) is 0. The third-order valence-corrected chi connectivity index (χ3v) is 6.51. The van der Waals surface area contributed by atoms with Crippen molar-refractivity contribution in [3.8, 4) is 0 Å². The Labute approximate surface area is 146 Å². The molecule has 1 saturated heterocycles. The van der Waals surface area contributed by atoms with Crippen LogP contribution >= 0.6 is 12.4 Å². The zero-order chi connectivity index (χ0) is 15.5. The van der Waals surface area contributed by atoms with Crippen molar-refractivity contribution in [2.75, 3.05) is 32.8 Å². The molecule has 2 saturated carbocycles. The zero-order valence-electron chi connectivity index (χ0n) is 14.5. The van der Waals surface area contributed by atoms with Crippen molar-refractivity contribution < 1.29 is 9.53 Å². The normalized spacial score (nSPS) is 31.6. The second-order valence-electron chi connectivity index (χ2n) is 7.71. The van der Waals surface area contributed by atoms with Crippen LogP contribution in [0.15, 0.2) is 0 Å². The summed E-state index contributed by atoms with van der Waals surface area (Å²) in [6, 6.07) is 0. The summed E-state index contributed by atoms with van der Waals surface area (Å²) < 4.78 is 5.53. The van der Waals surface area contributed by atoms with Crippen molar-refractivity contribution in [3.63, 3.8) is 0 Å². The van der Waals surface area contributed by atoms with Crippen molar-refractivity contribution in [3.05, 3.63) is 0 Å². The van der Waals surface area contributed by atoms with Crippen molar-refractivity contribution in [2.45, 2.75) is 58.3 Å². The monoisotopic (exact) mass is 344 g/mol. The topological polar surface area (TPSA) is 50.4 Å². The highest BCUT2D eigenvalue weighted by atomic mass is 35.5. The predicted octanol–water partition coefficient (Wildman–Crippen LogP) is 2.90. The summed E-state index contributed by atoms with van der Waals surface area (Å²) in [5.74, 6) is 0.881. The molecule has 4 nitrogen and oxygen atoms in total. The van der Waals surface area contributed by atoms with Crippen LogP contribution in [0.5, 0.6) is 0 Å². The highest BCUT2D eigenvalue weighted by Gasteiger charge is 2.50. The summed E-state index contributed by atoms with van der Waals surface area (Å²) in [6.45, 7) is 6.44. The van der Waals surface area contributed by atoms with Crippen LogP contribution in [0.3, 0.4) is 0 Å². The number of ether oxygens (including phenoxy) is 1. The first kappa shape index (κ1) is 19.0. The minimum Gasteiger partial charge on any atom is -0.382 e. The minimum atomic E-state index is -0.108. The van der Waals surface area contributed by atoms with Crippen molar-refractivity contribution >= 4 is 18.3 Å². The number of nitrogens with one attached hydrogen (secondary N) is 2. The summed E-state index contributed by atoms with van der Waals surface area (Å²) in [6.07, 6.45) is 9.68. The van der Waals surface area contributed by atoms with Gasteiger partial charge in [-0.1, -0.05) is 19.3 Å². The number of carbonyl (C=O) groups is 1. The highest BCUT2D eigenvalue weighted by molar-refractivity contribution is 5.85. The summed E-state index contributed by atoms with van der Waals surface area (Å²) in [5.41, 5.74) is 0.209. The first-order valence-corrected chi connectivity index (χ1v) is 9.28. The number of hydrogen-bond donors (Lipinski definition) is 2. The van der Waals surface area contributed by atoms with Crippen LogP contribution in [-0.4, -0.2) is 38.8 Å². The van der Waals surface area contributed by atoms with E-state index in [9.17, 15) is 4.79 Å². The molecule has 2 atom stereocenters. The lowest BCUT2D eigenvalue weighted by atomic mass is 9.65. The van der Waals surface area contributed by atoms with Crippen LogP contribution in [0.1, 0.15) is 58.3 Å². The van der Waals surface area contributed by atoms with Gasteiger partial charge < -0.3 is 15.4 Å². The van der Waals surface area contributed by atoms with Gasteiger partial charge in [0.15, 0.2) is 0 Å². The lowest BCUT2D eigenvalue weighted by Gasteiger charge is -2.44. The van der Waals surface area contributed by atoms with E-state index < -0.39 is 0 Å². The smallest absolute Gasteiger partial charge is 0.227 e. The molecule has 0 bridgehead atoms. The Balaban J connectivity index is 0.00000192. The van der Waals surface area contributed by atoms with Gasteiger partial charge in [-0.15, -0.1) is 12.4 Å². The van der Waals surface area contributed by atoms with Gasteiger partial charge in [0.2, 0.25) is 5.91 Å². The fourth-order valence-corrected chi connectivity index (χ4v) is 4.76. The number of amides is 1. The Morgan fingerprint density at radius 1 is 1.26 bits per heavy atom. The van der Waals surface area contributed by atoms with Crippen LogP contribution < -0.4 is 10.6 Å². The lowest BCUT2D eigenvalue weighted by molar-refractivity contribution is -0.135. The van der Waals surface area contributed by atoms with Gasteiger partial charge in [-0.2, -0.15) is 0 Å². The number of carbonyl (C=O) groups excluding carboxylic acids is 1. The van der Waals surface area contributed by atoms with Crippen molar-refractivity contribution in [1.29, 1.82) is 0 Å². The molecule has 0 unspecified atom stereocenters. The molecule has 2 aliphatic carbocycles. The van der Waals surface area contributed by atoms with E-state index in [1.165, 1.54) is 38.5 Å². The molecule has 0 aromatic carbocycles. The molecule has 3 aliphatic rings. The van der Waals surface area contributed by atoms with Crippen LogP contribution in [0.4, 0.5) is 0 Å². The Morgan fingerprint density at radius 2 is 2.09 bits per heavy atom. The third-order valence-electron chi connectivity index (χ3n) is 6.51. The molecule has 23 heavy (non-hydrogen) atoms. The number of fused-ring (bicyclic) bond motifs is 1. The average Bonchev–Trinajstić information content (AvgIpc) is 2.94. The molecule has 0 radical (unpaired) electrons. The van der Waals surface area contributed by atoms with E-state index in [4.69, 9.17) is 4.74 Å². The molecule has 0 aromatic rings. The van der Waals surface area contributed by atoms with E-state index in [2.05, 4.69) is 10.6 Å². The van der Waals surface area contributed by atoms with Crippen molar-refractivity contribution in [2.24, 2.45) is 16.7 Å². The number of hydrogen-bond acceptors (Lipinski definition) is 3. The van der Waals surface area contributed by atoms with Crippen LogP contribution in [0, 0.1) is 16.7 Å². The number of rotatable bonds is 7. The molecule has 0 aromatic heterocycles. The van der Waals surface area contributed by atoms with Crippen LogP contribution in [0.2, 0.25) is 0 Å². The summed E-state index contributed by atoms with van der Waals surface area (Å²) >= 11 is 0. The fraction of sp³-hybridized carbons (Fsp3) is 0.944. The van der Waals surface area contributed by atoms with Gasteiger partial charge in [0, 0.05) is 26.3 Å². The molecule has 134 valence electrons. The molecule has 3 fully saturated rings. The van der Waals surface area contributed by atoms with E-state index in [1.54, 1.807) is 0 Å². The van der Waals surface area contributed by atoms with E-state index in [-0.39, 0.29) is 17.8 Å². The zero-order valence-corrected chi connectivity index (χ0v) is 15.3. The minimum absolute atomic E-state index is 0. The predicted molar refractivity (Wildman–Crippen MR) is 94.9 cm³/mol. The van der Waals surface area contributed by atoms with Crippen molar-refractivity contribution in [1.82, 2.24) is 10.6 Å². The van der Waals surface area contributed by atoms with Gasteiger partial charge in [-0.25, -0.2) is 0 Å². The van der Waals surface area contributed by atoms with E-state index in [1.807, 2.05) is 6.92 Å². The molecule has 5 heteroatoms. The van der Waals surface area contributed by atoms with E-state index in [0.29, 0.717) is 17.2 Å². The van der Waals surface area contributed by atoms with Gasteiger partial charge in [0.1, 0.15) is 0 Å². The van der Waals surface area contributed by atoms with Gasteiger partial charge >= 0.3 is 0 Å². The molecule has 1 amide bonds. The molecule has 3 rings (SSSR count). The Morgan fingerprint density at radius 3 is 2.78 bits per heavy atom. The van der Waals surface area contributed by atoms with Gasteiger partial charge in [-0.05, 0) is 56.9 Å². The molecule has 2 N–H and O–H groups in total. The van der Waals surface area contributed by atoms with Crippen LogP contribution in [0.25, 0.3) is 0 Å². The van der Waals surface area contributed by atoms with E-state index >= 15 is 0 Å². The quantitative estimate of drug-likeness (QED) is 0.698. The maximum atomic E-state index is 12.9. The Kier molecular flexibility index (Phi) is 6.76. The second-order valence-corrected chi connectivity index (χ2v) is 7.71. The second kappa shape index (κ2) is 8.17. The van der Waals surface area contributed by atoms with Gasteiger partial charge in [0.25, 0.3) is 0 Å². The molecule has 0 spiro atoms. The van der Waals surface area contributed by atoms with Crippen LogP contribution in [-0.2, 0) is 9.53 Å². The molecular formula is C18H33ClN2O2. The SMILES string of the molecule is CCOCCC1(CNC(=O)[C@@]23CCCC[C@H]2CNC3)CCC1.Cl. The average molecular weight is 345 g/mol. The summed E-state index contributed by atoms with van der Waals surface area (Å²) in [5, 5.41) is 6.82. The standard InChI is InChI=1S/C18H32N2O2.ClH/c1-2-22-11-10-17(7-5-8-17)13-20-16(21)18-9-4-3-6-15(18)12-19-14-18;/h15,19H,2-14H2,1H3,(H,20,21);1H/t15-,18+;/m0./s1. The first-order chi connectivity index (χ1) is 10.7. The number of halogens is 1. The lowest BCUT2D eigenvalue weighted by Crippen LogP contribution is -2.51. The third kappa shape index (κ3) is 3.85. The van der Waals surface area contributed by atoms with Gasteiger partial charge in [0.05, 0.1) is 5.41 Å². The van der Waals surface area contributed by atoms with Gasteiger partial charge in [-0.3, -0.25) is 4.79 Å². The molecule has 1 aliphatic heterocycles. The molecule has 1 heterocycles.